The first kappa shape index (κ1) is 10.6. The zero-order valence-corrected chi connectivity index (χ0v) is 7.47. The van der Waals surface area contributed by atoms with Crippen molar-refractivity contribution >= 4 is 17.7 Å². The number of halogens is 3. The summed E-state index contributed by atoms with van der Waals surface area (Å²) in [6.07, 6.45) is -4.77. The number of carbonyl (C=O) groups is 1. The lowest BCUT2D eigenvalue weighted by molar-refractivity contribution is -0.173. The summed E-state index contributed by atoms with van der Waals surface area (Å²) < 4.78 is 35.1. The molecule has 1 heterocycles. The third kappa shape index (κ3) is 3.43. The highest BCUT2D eigenvalue weighted by molar-refractivity contribution is 7.99. The van der Waals surface area contributed by atoms with Gasteiger partial charge in [-0.25, -0.2) is 0 Å². The number of hydrogen-bond donors (Lipinski definition) is 2. The molecular formula is C6H9F3N2OS. The van der Waals surface area contributed by atoms with Crippen LogP contribution in [-0.2, 0) is 4.79 Å². The molecule has 1 aliphatic rings. The van der Waals surface area contributed by atoms with Crippen molar-refractivity contribution in [1.82, 2.24) is 10.6 Å². The number of hydrogen-bond acceptors (Lipinski definition) is 3. The molecule has 1 aliphatic heterocycles. The Hall–Kier alpha value is -0.430. The van der Waals surface area contributed by atoms with Crippen molar-refractivity contribution in [2.45, 2.75) is 12.2 Å². The predicted octanol–water partition coefficient (Wildman–Crippen LogP) is 0.327. The molecule has 2 N–H and O–H groups in total. The molecule has 0 spiro atoms. The summed E-state index contributed by atoms with van der Waals surface area (Å²) in [7, 11) is 0. The first-order valence-electron chi connectivity index (χ1n) is 3.66. The number of rotatable bonds is 2. The molecule has 0 aromatic carbocycles. The monoisotopic (exact) mass is 214 g/mol. The Kier molecular flexibility index (Phi) is 3.43. The summed E-state index contributed by atoms with van der Waals surface area (Å²) in [5.41, 5.74) is 0. The van der Waals surface area contributed by atoms with Crippen LogP contribution >= 0.6 is 11.8 Å². The van der Waals surface area contributed by atoms with E-state index in [1.165, 1.54) is 0 Å². The van der Waals surface area contributed by atoms with Crippen molar-refractivity contribution in [3.63, 3.8) is 0 Å². The van der Waals surface area contributed by atoms with Gasteiger partial charge in [-0.05, 0) is 0 Å². The van der Waals surface area contributed by atoms with Gasteiger partial charge in [0.15, 0.2) is 0 Å². The van der Waals surface area contributed by atoms with Crippen LogP contribution in [0.3, 0.4) is 0 Å². The highest BCUT2D eigenvalue weighted by atomic mass is 32.2. The topological polar surface area (TPSA) is 41.1 Å². The van der Waals surface area contributed by atoms with Crippen molar-refractivity contribution in [2.75, 3.05) is 18.2 Å². The van der Waals surface area contributed by atoms with Gasteiger partial charge < -0.3 is 10.6 Å². The minimum absolute atomic E-state index is 0.0331. The molecule has 1 amide bonds. The van der Waals surface area contributed by atoms with Gasteiger partial charge in [-0.3, -0.25) is 4.79 Å². The van der Waals surface area contributed by atoms with Crippen LogP contribution in [0.1, 0.15) is 0 Å². The Balaban J connectivity index is 2.22. The average Bonchev–Trinajstić information content (AvgIpc) is 2.50. The second-order valence-corrected chi connectivity index (χ2v) is 3.65. The van der Waals surface area contributed by atoms with E-state index in [2.05, 4.69) is 5.32 Å². The number of alkyl halides is 3. The van der Waals surface area contributed by atoms with Crippen LogP contribution < -0.4 is 10.6 Å². The molecule has 3 nitrogen and oxygen atoms in total. The highest BCUT2D eigenvalue weighted by Gasteiger charge is 2.38. The van der Waals surface area contributed by atoms with Gasteiger partial charge in [-0.15, -0.1) is 11.8 Å². The van der Waals surface area contributed by atoms with E-state index in [9.17, 15) is 18.0 Å². The van der Waals surface area contributed by atoms with Crippen LogP contribution in [-0.4, -0.2) is 36.3 Å². The van der Waals surface area contributed by atoms with Gasteiger partial charge in [0.25, 0.3) is 0 Å². The average molecular weight is 214 g/mol. The fourth-order valence-corrected chi connectivity index (χ4v) is 1.88. The van der Waals surface area contributed by atoms with Gasteiger partial charge in [0.2, 0.25) is 0 Å². The molecule has 76 valence electrons. The maximum absolute atomic E-state index is 11.7. The van der Waals surface area contributed by atoms with Crippen LogP contribution in [0.5, 0.6) is 0 Å². The lowest BCUT2D eigenvalue weighted by Gasteiger charge is -2.11. The summed E-state index contributed by atoms with van der Waals surface area (Å²) in [4.78, 5) is 10.4. The molecular weight excluding hydrogens is 205 g/mol. The maximum Gasteiger partial charge on any atom is 0.471 e. The minimum Gasteiger partial charge on any atom is -0.347 e. The number of nitrogens with one attached hydrogen (secondary N) is 2. The lowest BCUT2D eigenvalue weighted by Crippen LogP contribution is -2.44. The van der Waals surface area contributed by atoms with Gasteiger partial charge in [0.1, 0.15) is 0 Å². The Labute approximate surface area is 77.4 Å². The van der Waals surface area contributed by atoms with E-state index in [-0.39, 0.29) is 12.6 Å². The third-order valence-corrected chi connectivity index (χ3v) is 2.57. The fraction of sp³-hybridized carbons (Fsp3) is 0.833. The second kappa shape index (κ2) is 4.19. The summed E-state index contributed by atoms with van der Waals surface area (Å²) in [6, 6.07) is -0.0451. The van der Waals surface area contributed by atoms with Crippen molar-refractivity contribution in [3.05, 3.63) is 0 Å². The minimum atomic E-state index is -4.77. The van der Waals surface area contributed by atoms with Gasteiger partial charge in [0.05, 0.1) is 0 Å². The number of carbonyl (C=O) groups excluding carboxylic acids is 1. The Bertz CT molecular complexity index is 191. The van der Waals surface area contributed by atoms with Gasteiger partial charge >= 0.3 is 12.1 Å². The Morgan fingerprint density at radius 2 is 2.31 bits per heavy atom. The molecule has 1 saturated heterocycles. The third-order valence-electron chi connectivity index (χ3n) is 1.56. The molecule has 1 fully saturated rings. The van der Waals surface area contributed by atoms with E-state index < -0.39 is 12.1 Å². The summed E-state index contributed by atoms with van der Waals surface area (Å²) in [5, 5.41) is 4.77. The normalized spacial score (nSPS) is 23.2. The predicted molar refractivity (Wildman–Crippen MR) is 43.3 cm³/mol. The van der Waals surface area contributed by atoms with E-state index in [0.29, 0.717) is 0 Å². The Morgan fingerprint density at radius 1 is 1.62 bits per heavy atom. The molecule has 13 heavy (non-hydrogen) atoms. The quantitative estimate of drug-likeness (QED) is 0.696. The SMILES string of the molecule is O=C(NC[C@@H]1CSCN1)C(F)(F)F. The molecule has 0 bridgehead atoms. The largest absolute Gasteiger partial charge is 0.471 e. The smallest absolute Gasteiger partial charge is 0.347 e. The first-order chi connectivity index (χ1) is 6.00. The second-order valence-electron chi connectivity index (χ2n) is 2.62. The van der Waals surface area contributed by atoms with Crippen molar-refractivity contribution in [3.8, 4) is 0 Å². The lowest BCUT2D eigenvalue weighted by atomic mass is 10.3. The summed E-state index contributed by atoms with van der Waals surface area (Å²) in [6.45, 7) is 0.0331. The van der Waals surface area contributed by atoms with Crippen LogP contribution in [0.25, 0.3) is 0 Å². The van der Waals surface area contributed by atoms with Gasteiger partial charge in [0, 0.05) is 24.2 Å². The zero-order chi connectivity index (χ0) is 9.90. The summed E-state index contributed by atoms with van der Waals surface area (Å²) in [5.74, 6) is -0.406. The molecule has 7 heteroatoms. The fourth-order valence-electron chi connectivity index (χ4n) is 0.884. The summed E-state index contributed by atoms with van der Waals surface area (Å²) >= 11 is 1.60. The van der Waals surface area contributed by atoms with Crippen molar-refractivity contribution in [2.24, 2.45) is 0 Å². The van der Waals surface area contributed by atoms with E-state index in [0.717, 1.165) is 11.6 Å². The van der Waals surface area contributed by atoms with Crippen LogP contribution in [0.15, 0.2) is 0 Å². The molecule has 0 aromatic rings. The first-order valence-corrected chi connectivity index (χ1v) is 4.82. The van der Waals surface area contributed by atoms with E-state index >= 15 is 0 Å². The van der Waals surface area contributed by atoms with E-state index in [1.807, 2.05) is 5.32 Å². The van der Waals surface area contributed by atoms with E-state index in [1.54, 1.807) is 11.8 Å². The molecule has 1 atom stereocenters. The number of amides is 1. The van der Waals surface area contributed by atoms with E-state index in [4.69, 9.17) is 0 Å². The Morgan fingerprint density at radius 3 is 2.77 bits per heavy atom. The van der Waals surface area contributed by atoms with Crippen molar-refractivity contribution < 1.29 is 18.0 Å². The molecule has 1 rings (SSSR count). The molecule has 0 radical (unpaired) electrons. The standard InChI is InChI=1S/C6H9F3N2OS/c7-6(8,9)5(12)10-1-4-2-13-3-11-4/h4,11H,1-3H2,(H,10,12)/t4-/m1/s1. The van der Waals surface area contributed by atoms with Crippen LogP contribution in [0.2, 0.25) is 0 Å². The van der Waals surface area contributed by atoms with Gasteiger partial charge in [-0.2, -0.15) is 13.2 Å². The molecule has 0 unspecified atom stereocenters. The van der Waals surface area contributed by atoms with Crippen LogP contribution in [0.4, 0.5) is 13.2 Å². The molecule has 0 aromatic heterocycles. The highest BCUT2D eigenvalue weighted by Crippen LogP contribution is 2.14. The molecule has 0 aliphatic carbocycles. The van der Waals surface area contributed by atoms with Crippen molar-refractivity contribution in [1.29, 1.82) is 0 Å². The molecule has 0 saturated carbocycles. The van der Waals surface area contributed by atoms with Gasteiger partial charge in [-0.1, -0.05) is 0 Å². The number of thioether (sulfide) groups is 1. The zero-order valence-electron chi connectivity index (χ0n) is 6.65. The van der Waals surface area contributed by atoms with Crippen LogP contribution in [0, 0.1) is 0 Å². The maximum atomic E-state index is 11.7.